The number of aliphatic hydroxyl groups excluding tert-OH is 1. The molecule has 2 rings (SSSR count). The zero-order valence-electron chi connectivity index (χ0n) is 12.8. The molecule has 0 amide bonds. The van der Waals surface area contributed by atoms with Crippen molar-refractivity contribution in [1.82, 2.24) is 5.32 Å². The minimum atomic E-state index is 0.247. The lowest BCUT2D eigenvalue weighted by atomic mass is 9.99. The van der Waals surface area contributed by atoms with Crippen LogP contribution in [0.4, 0.5) is 5.69 Å². The number of rotatable bonds is 6. The summed E-state index contributed by atoms with van der Waals surface area (Å²) in [4.78, 5) is 2.45. The molecule has 1 aromatic rings. The normalized spacial score (nSPS) is 18.5. The van der Waals surface area contributed by atoms with Gasteiger partial charge in [-0.25, -0.2) is 0 Å². The number of aliphatic hydroxyl groups is 1. The highest BCUT2D eigenvalue weighted by Crippen LogP contribution is 2.20. The lowest BCUT2D eigenvalue weighted by Gasteiger charge is -2.36. The first-order valence-corrected chi connectivity index (χ1v) is 7.86. The number of benzene rings is 1. The van der Waals surface area contributed by atoms with Crippen LogP contribution in [0.25, 0.3) is 0 Å². The molecule has 112 valence electrons. The van der Waals surface area contributed by atoms with Gasteiger partial charge in [-0.2, -0.15) is 0 Å². The Bertz CT molecular complexity index is 372. The molecule has 0 aliphatic carbocycles. The van der Waals surface area contributed by atoms with Crippen molar-refractivity contribution in [2.24, 2.45) is 5.92 Å². The third-order valence-electron chi connectivity index (χ3n) is 4.06. The molecule has 1 aliphatic rings. The summed E-state index contributed by atoms with van der Waals surface area (Å²) in [5.74, 6) is 0.629. The summed E-state index contributed by atoms with van der Waals surface area (Å²) in [5.41, 5.74) is 1.33. The van der Waals surface area contributed by atoms with Crippen molar-refractivity contribution >= 4 is 5.69 Å². The van der Waals surface area contributed by atoms with Crippen molar-refractivity contribution in [3.8, 4) is 0 Å². The van der Waals surface area contributed by atoms with Crippen LogP contribution in [0.3, 0.4) is 0 Å². The standard InChI is InChI=1S/C17H28N2O/c1-14(2)12-16(13-20)18-15-8-10-19(11-9-15)17-6-4-3-5-7-17/h3-7,14-16,18,20H,8-13H2,1-2H3. The molecule has 0 radical (unpaired) electrons. The second-order valence-electron chi connectivity index (χ2n) is 6.27. The third-order valence-corrected chi connectivity index (χ3v) is 4.06. The molecule has 2 N–H and O–H groups in total. The van der Waals surface area contributed by atoms with Gasteiger partial charge in [0, 0.05) is 30.9 Å². The average molecular weight is 276 g/mol. The van der Waals surface area contributed by atoms with Gasteiger partial charge in [0.2, 0.25) is 0 Å². The van der Waals surface area contributed by atoms with E-state index in [1.807, 2.05) is 0 Å². The van der Waals surface area contributed by atoms with Gasteiger partial charge in [-0.1, -0.05) is 32.0 Å². The van der Waals surface area contributed by atoms with Gasteiger partial charge in [0.25, 0.3) is 0 Å². The molecule has 3 heteroatoms. The quantitative estimate of drug-likeness (QED) is 0.838. The van der Waals surface area contributed by atoms with Crippen LogP contribution >= 0.6 is 0 Å². The van der Waals surface area contributed by atoms with Crippen LogP contribution in [0.5, 0.6) is 0 Å². The lowest BCUT2D eigenvalue weighted by molar-refractivity contribution is 0.206. The SMILES string of the molecule is CC(C)CC(CO)NC1CCN(c2ccccc2)CC1. The fourth-order valence-corrected chi connectivity index (χ4v) is 3.04. The predicted molar refractivity (Wildman–Crippen MR) is 85.1 cm³/mol. The molecule has 20 heavy (non-hydrogen) atoms. The summed E-state index contributed by atoms with van der Waals surface area (Å²) >= 11 is 0. The first kappa shape index (κ1) is 15.3. The molecule has 1 heterocycles. The summed E-state index contributed by atoms with van der Waals surface area (Å²) in [7, 11) is 0. The number of para-hydroxylation sites is 1. The highest BCUT2D eigenvalue weighted by atomic mass is 16.3. The van der Waals surface area contributed by atoms with Crippen LogP contribution in [-0.2, 0) is 0 Å². The Kier molecular flexibility index (Phi) is 5.86. The Morgan fingerprint density at radius 2 is 1.85 bits per heavy atom. The van der Waals surface area contributed by atoms with E-state index in [9.17, 15) is 5.11 Å². The summed E-state index contributed by atoms with van der Waals surface area (Å²) in [6.07, 6.45) is 3.36. The maximum absolute atomic E-state index is 9.46. The summed E-state index contributed by atoms with van der Waals surface area (Å²) < 4.78 is 0. The van der Waals surface area contributed by atoms with E-state index in [0.717, 1.165) is 32.4 Å². The molecular formula is C17H28N2O. The van der Waals surface area contributed by atoms with Gasteiger partial charge in [-0.15, -0.1) is 0 Å². The van der Waals surface area contributed by atoms with E-state index in [4.69, 9.17) is 0 Å². The van der Waals surface area contributed by atoms with Crippen LogP contribution in [0.2, 0.25) is 0 Å². The van der Waals surface area contributed by atoms with E-state index in [1.54, 1.807) is 0 Å². The molecule has 1 aromatic carbocycles. The molecule has 0 bridgehead atoms. The summed E-state index contributed by atoms with van der Waals surface area (Å²) in [5, 5.41) is 13.1. The van der Waals surface area contributed by atoms with Crippen molar-refractivity contribution in [1.29, 1.82) is 0 Å². The van der Waals surface area contributed by atoms with Gasteiger partial charge in [0.05, 0.1) is 6.61 Å². The zero-order valence-corrected chi connectivity index (χ0v) is 12.8. The average Bonchev–Trinajstić information content (AvgIpc) is 2.48. The van der Waals surface area contributed by atoms with Crippen LogP contribution in [-0.4, -0.2) is 36.9 Å². The summed E-state index contributed by atoms with van der Waals surface area (Å²) in [6, 6.07) is 11.4. The molecular weight excluding hydrogens is 248 g/mol. The van der Waals surface area contributed by atoms with Crippen molar-refractivity contribution in [3.05, 3.63) is 30.3 Å². The number of hydrogen-bond acceptors (Lipinski definition) is 3. The molecule has 0 aromatic heterocycles. The summed E-state index contributed by atoms with van der Waals surface area (Å²) in [6.45, 7) is 6.87. The molecule has 1 atom stereocenters. The number of nitrogens with one attached hydrogen (secondary N) is 1. The molecule has 1 saturated heterocycles. The number of hydrogen-bond donors (Lipinski definition) is 2. The van der Waals surface area contributed by atoms with Gasteiger partial charge >= 0.3 is 0 Å². The number of nitrogens with zero attached hydrogens (tertiary/aromatic N) is 1. The second kappa shape index (κ2) is 7.65. The van der Waals surface area contributed by atoms with Crippen LogP contribution in [0, 0.1) is 5.92 Å². The van der Waals surface area contributed by atoms with Crippen LogP contribution in [0.15, 0.2) is 30.3 Å². The van der Waals surface area contributed by atoms with E-state index >= 15 is 0 Å². The number of piperidine rings is 1. The molecule has 0 spiro atoms. The maximum atomic E-state index is 9.46. The van der Waals surface area contributed by atoms with Gasteiger partial charge in [-0.3, -0.25) is 0 Å². The largest absolute Gasteiger partial charge is 0.395 e. The van der Waals surface area contributed by atoms with Gasteiger partial charge in [0.15, 0.2) is 0 Å². The second-order valence-corrected chi connectivity index (χ2v) is 6.27. The Hall–Kier alpha value is -1.06. The highest BCUT2D eigenvalue weighted by molar-refractivity contribution is 5.46. The first-order valence-electron chi connectivity index (χ1n) is 7.86. The van der Waals surface area contributed by atoms with Crippen molar-refractivity contribution in [2.45, 2.75) is 45.2 Å². The van der Waals surface area contributed by atoms with E-state index in [-0.39, 0.29) is 12.6 Å². The predicted octanol–water partition coefficient (Wildman–Crippen LogP) is 2.65. The fourth-order valence-electron chi connectivity index (χ4n) is 3.04. The topological polar surface area (TPSA) is 35.5 Å². The smallest absolute Gasteiger partial charge is 0.0584 e. The van der Waals surface area contributed by atoms with Gasteiger partial charge in [0.1, 0.15) is 0 Å². The van der Waals surface area contributed by atoms with Gasteiger partial charge < -0.3 is 15.3 Å². The Morgan fingerprint density at radius 1 is 1.20 bits per heavy atom. The minimum Gasteiger partial charge on any atom is -0.395 e. The van der Waals surface area contributed by atoms with E-state index in [1.165, 1.54) is 5.69 Å². The highest BCUT2D eigenvalue weighted by Gasteiger charge is 2.21. The van der Waals surface area contributed by atoms with Crippen LogP contribution in [0.1, 0.15) is 33.1 Å². The third kappa shape index (κ3) is 4.50. The number of anilines is 1. The molecule has 1 aliphatic heterocycles. The molecule has 3 nitrogen and oxygen atoms in total. The lowest BCUT2D eigenvalue weighted by Crippen LogP contribution is -2.47. The molecule has 1 unspecified atom stereocenters. The van der Waals surface area contributed by atoms with Crippen molar-refractivity contribution in [2.75, 3.05) is 24.6 Å². The first-order chi connectivity index (χ1) is 9.69. The maximum Gasteiger partial charge on any atom is 0.0584 e. The van der Waals surface area contributed by atoms with Crippen LogP contribution < -0.4 is 10.2 Å². The van der Waals surface area contributed by atoms with Crippen molar-refractivity contribution in [3.63, 3.8) is 0 Å². The van der Waals surface area contributed by atoms with Gasteiger partial charge in [-0.05, 0) is 37.3 Å². The Morgan fingerprint density at radius 3 is 2.40 bits per heavy atom. The molecule has 1 fully saturated rings. The van der Waals surface area contributed by atoms with E-state index in [2.05, 4.69) is 54.4 Å². The van der Waals surface area contributed by atoms with Crippen molar-refractivity contribution < 1.29 is 5.11 Å². The fraction of sp³-hybridized carbons (Fsp3) is 0.647. The Balaban J connectivity index is 1.79. The zero-order chi connectivity index (χ0) is 14.4. The molecule has 0 saturated carbocycles. The monoisotopic (exact) mass is 276 g/mol. The van der Waals surface area contributed by atoms with E-state index < -0.39 is 0 Å². The Labute approximate surface area is 123 Å². The minimum absolute atomic E-state index is 0.247. The van der Waals surface area contributed by atoms with E-state index in [0.29, 0.717) is 12.0 Å².